The van der Waals surface area contributed by atoms with Crippen molar-refractivity contribution in [2.24, 2.45) is 0 Å². The van der Waals surface area contributed by atoms with E-state index in [4.69, 9.17) is 0 Å². The Hall–Kier alpha value is -2.17. The second-order valence-corrected chi connectivity index (χ2v) is 4.68. The first kappa shape index (κ1) is 11.9. The third-order valence-corrected chi connectivity index (χ3v) is 3.32. The lowest BCUT2D eigenvalue weighted by Crippen LogP contribution is -2.21. The van der Waals surface area contributed by atoms with Crippen molar-refractivity contribution in [2.75, 3.05) is 6.54 Å². The molecule has 19 heavy (non-hydrogen) atoms. The lowest BCUT2D eigenvalue weighted by atomic mass is 10.2. The molecule has 0 aliphatic carbocycles. The second kappa shape index (κ2) is 4.84. The topological polar surface area (TPSA) is 38.1 Å². The van der Waals surface area contributed by atoms with Gasteiger partial charge in [-0.2, -0.15) is 0 Å². The van der Waals surface area contributed by atoms with E-state index in [1.54, 1.807) is 11.0 Å². The fourth-order valence-corrected chi connectivity index (χ4v) is 2.36. The van der Waals surface area contributed by atoms with Gasteiger partial charge in [0.15, 0.2) is 0 Å². The van der Waals surface area contributed by atoms with Crippen LogP contribution in [0, 0.1) is 5.82 Å². The number of aryl methyl sites for hydroxylation is 1. The Labute approximate surface area is 110 Å². The monoisotopic (exact) mass is 259 g/mol. The third kappa shape index (κ3) is 2.36. The Morgan fingerprint density at radius 3 is 3.00 bits per heavy atom. The van der Waals surface area contributed by atoms with Gasteiger partial charge in [-0.05, 0) is 18.6 Å². The van der Waals surface area contributed by atoms with Gasteiger partial charge < -0.3 is 9.47 Å². The highest BCUT2D eigenvalue weighted by atomic mass is 19.1. The molecule has 0 atom stereocenters. The molecule has 2 heterocycles. The summed E-state index contributed by atoms with van der Waals surface area (Å²) in [7, 11) is 0. The first-order valence-corrected chi connectivity index (χ1v) is 6.27. The predicted octanol–water partition coefficient (Wildman–Crippen LogP) is 2.05. The van der Waals surface area contributed by atoms with Crippen molar-refractivity contribution in [3.63, 3.8) is 0 Å². The van der Waals surface area contributed by atoms with Gasteiger partial charge in [0.25, 0.3) is 0 Å². The van der Waals surface area contributed by atoms with Crippen molar-refractivity contribution in [2.45, 2.75) is 19.5 Å². The number of aromatic nitrogens is 2. The van der Waals surface area contributed by atoms with Gasteiger partial charge >= 0.3 is 0 Å². The van der Waals surface area contributed by atoms with Crippen molar-refractivity contribution in [1.29, 1.82) is 0 Å². The summed E-state index contributed by atoms with van der Waals surface area (Å²) in [5.41, 5.74) is 1.51. The first-order chi connectivity index (χ1) is 9.26. The van der Waals surface area contributed by atoms with Gasteiger partial charge in [0.1, 0.15) is 11.6 Å². The number of fused-ring (bicyclic) bond motifs is 1. The molecule has 0 saturated carbocycles. The molecule has 1 aromatic heterocycles. The maximum atomic E-state index is 13.2. The molecule has 1 amide bonds. The van der Waals surface area contributed by atoms with Crippen LogP contribution < -0.4 is 0 Å². The molecular weight excluding hydrogens is 245 g/mol. The van der Waals surface area contributed by atoms with Gasteiger partial charge in [-0.3, -0.25) is 4.79 Å². The molecule has 2 aromatic rings. The van der Waals surface area contributed by atoms with Crippen LogP contribution >= 0.6 is 0 Å². The molecule has 0 bridgehead atoms. The fraction of sp³-hybridized carbons (Fsp3) is 0.286. The smallest absolute Gasteiger partial charge is 0.210 e. The Balaban J connectivity index is 1.96. The first-order valence-electron chi connectivity index (χ1n) is 6.27. The number of nitrogens with zero attached hydrogens (tertiary/aromatic N) is 3. The fourth-order valence-electron chi connectivity index (χ4n) is 2.36. The number of hydrogen-bond donors (Lipinski definition) is 0. The van der Waals surface area contributed by atoms with Gasteiger partial charge in [-0.1, -0.05) is 12.1 Å². The van der Waals surface area contributed by atoms with Crippen molar-refractivity contribution < 1.29 is 9.18 Å². The third-order valence-electron chi connectivity index (χ3n) is 3.32. The lowest BCUT2D eigenvalue weighted by Gasteiger charge is -2.11. The summed E-state index contributed by atoms with van der Waals surface area (Å²) in [4.78, 5) is 17.1. The van der Waals surface area contributed by atoms with E-state index in [0.717, 1.165) is 43.0 Å². The van der Waals surface area contributed by atoms with E-state index in [1.807, 2.05) is 16.8 Å². The van der Waals surface area contributed by atoms with E-state index in [-0.39, 0.29) is 5.82 Å². The number of imidazole rings is 1. The van der Waals surface area contributed by atoms with Gasteiger partial charge in [0, 0.05) is 24.8 Å². The number of benzene rings is 1. The zero-order valence-corrected chi connectivity index (χ0v) is 10.4. The summed E-state index contributed by atoms with van der Waals surface area (Å²) in [6, 6.07) is 6.40. The molecule has 5 heteroatoms. The van der Waals surface area contributed by atoms with Crippen molar-refractivity contribution in [3.8, 4) is 11.3 Å². The molecule has 98 valence electrons. The number of hydrogen-bond acceptors (Lipinski definition) is 2. The van der Waals surface area contributed by atoms with Crippen molar-refractivity contribution in [3.05, 3.63) is 42.1 Å². The average Bonchev–Trinajstić information content (AvgIpc) is 2.71. The SMILES string of the molecule is O=CN1CCCn2cc(-c3cccc(F)c3)nc2C1. The predicted molar refractivity (Wildman–Crippen MR) is 68.7 cm³/mol. The van der Waals surface area contributed by atoms with Crippen molar-refractivity contribution in [1.82, 2.24) is 14.5 Å². The summed E-state index contributed by atoms with van der Waals surface area (Å²) in [5, 5.41) is 0. The van der Waals surface area contributed by atoms with E-state index < -0.39 is 0 Å². The van der Waals surface area contributed by atoms with Crippen LogP contribution in [0.4, 0.5) is 4.39 Å². The molecule has 0 fully saturated rings. The maximum absolute atomic E-state index is 13.2. The summed E-state index contributed by atoms with van der Waals surface area (Å²) in [5.74, 6) is 0.582. The van der Waals surface area contributed by atoms with Gasteiger partial charge in [-0.25, -0.2) is 9.37 Å². The molecule has 4 nitrogen and oxygen atoms in total. The minimum absolute atomic E-state index is 0.268. The minimum atomic E-state index is -0.268. The highest BCUT2D eigenvalue weighted by Gasteiger charge is 2.16. The van der Waals surface area contributed by atoms with E-state index in [2.05, 4.69) is 4.98 Å². The summed E-state index contributed by atoms with van der Waals surface area (Å²) in [6.07, 6.45) is 3.69. The van der Waals surface area contributed by atoms with Crippen LogP contribution in [-0.4, -0.2) is 27.4 Å². The zero-order chi connectivity index (χ0) is 13.2. The van der Waals surface area contributed by atoms with Crippen LogP contribution in [0.15, 0.2) is 30.5 Å². The number of carbonyl (C=O) groups excluding carboxylic acids is 1. The van der Waals surface area contributed by atoms with Crippen LogP contribution in [0.3, 0.4) is 0 Å². The minimum Gasteiger partial charge on any atom is -0.338 e. The molecular formula is C14H14FN3O. The second-order valence-electron chi connectivity index (χ2n) is 4.68. The Morgan fingerprint density at radius 2 is 2.21 bits per heavy atom. The number of rotatable bonds is 2. The lowest BCUT2D eigenvalue weighted by molar-refractivity contribution is -0.118. The Morgan fingerprint density at radius 1 is 1.32 bits per heavy atom. The molecule has 0 radical (unpaired) electrons. The normalized spacial score (nSPS) is 14.9. The van der Waals surface area contributed by atoms with E-state index in [0.29, 0.717) is 6.54 Å². The molecule has 0 spiro atoms. The molecule has 0 saturated heterocycles. The Bertz CT molecular complexity index is 608. The Kier molecular flexibility index (Phi) is 3.03. The van der Waals surface area contributed by atoms with Crippen LogP contribution in [0.5, 0.6) is 0 Å². The van der Waals surface area contributed by atoms with Crippen molar-refractivity contribution >= 4 is 6.41 Å². The highest BCUT2D eigenvalue weighted by molar-refractivity contribution is 5.58. The highest BCUT2D eigenvalue weighted by Crippen LogP contribution is 2.21. The van der Waals surface area contributed by atoms with E-state index >= 15 is 0 Å². The number of carbonyl (C=O) groups is 1. The van der Waals surface area contributed by atoms with Crippen LogP contribution in [0.2, 0.25) is 0 Å². The molecule has 1 aliphatic heterocycles. The average molecular weight is 259 g/mol. The largest absolute Gasteiger partial charge is 0.338 e. The van der Waals surface area contributed by atoms with Crippen LogP contribution in [0.25, 0.3) is 11.3 Å². The number of halogens is 1. The molecule has 3 rings (SSSR count). The van der Waals surface area contributed by atoms with Gasteiger partial charge in [-0.15, -0.1) is 0 Å². The summed E-state index contributed by atoms with van der Waals surface area (Å²) in [6.45, 7) is 2.10. The molecule has 0 unspecified atom stereocenters. The van der Waals surface area contributed by atoms with E-state index in [9.17, 15) is 9.18 Å². The molecule has 0 N–H and O–H groups in total. The van der Waals surface area contributed by atoms with Gasteiger partial charge in [0.05, 0.1) is 12.2 Å². The zero-order valence-electron chi connectivity index (χ0n) is 10.4. The quantitative estimate of drug-likeness (QED) is 0.774. The maximum Gasteiger partial charge on any atom is 0.210 e. The number of amides is 1. The molecule has 1 aliphatic rings. The van der Waals surface area contributed by atoms with Crippen LogP contribution in [0.1, 0.15) is 12.2 Å². The standard InChI is InChI=1S/C14H14FN3O/c15-12-4-1-3-11(7-12)13-8-18-6-2-5-17(10-19)9-14(18)16-13/h1,3-4,7-8,10H,2,5-6,9H2. The molecule has 1 aromatic carbocycles. The summed E-state index contributed by atoms with van der Waals surface area (Å²) < 4.78 is 15.3. The van der Waals surface area contributed by atoms with Gasteiger partial charge in [0.2, 0.25) is 6.41 Å². The van der Waals surface area contributed by atoms with E-state index in [1.165, 1.54) is 12.1 Å². The van der Waals surface area contributed by atoms with Crippen LogP contribution in [-0.2, 0) is 17.9 Å². The summed E-state index contributed by atoms with van der Waals surface area (Å²) >= 11 is 0.